The minimum absolute atomic E-state index is 0.152. The Balaban J connectivity index is 1.99. The Hall–Kier alpha value is -1.95. The molecule has 2 aromatic rings. The van der Waals surface area contributed by atoms with E-state index in [4.69, 9.17) is 0 Å². The molecule has 1 unspecified atom stereocenters. The van der Waals surface area contributed by atoms with Crippen LogP contribution in [0.15, 0.2) is 42.5 Å². The quantitative estimate of drug-likeness (QED) is 0.839. The molecular formula is C15H10F3NOS. The molecule has 3 rings (SSSR count). The minimum atomic E-state index is -0.952. The fraction of sp³-hybridized carbons (Fsp3) is 0.133. The third kappa shape index (κ3) is 2.63. The van der Waals surface area contributed by atoms with Gasteiger partial charge in [0.2, 0.25) is 5.91 Å². The van der Waals surface area contributed by atoms with Crippen LogP contribution in [0.5, 0.6) is 0 Å². The van der Waals surface area contributed by atoms with Crippen LogP contribution >= 0.6 is 11.8 Å². The highest BCUT2D eigenvalue weighted by Crippen LogP contribution is 2.41. The molecule has 1 atom stereocenters. The topological polar surface area (TPSA) is 20.3 Å². The second-order valence-electron chi connectivity index (χ2n) is 4.58. The van der Waals surface area contributed by atoms with Crippen molar-refractivity contribution in [3.63, 3.8) is 0 Å². The summed E-state index contributed by atoms with van der Waals surface area (Å²) in [7, 11) is 0. The zero-order chi connectivity index (χ0) is 15.0. The first-order chi connectivity index (χ1) is 10.1. The zero-order valence-corrected chi connectivity index (χ0v) is 11.5. The number of halogens is 3. The van der Waals surface area contributed by atoms with Crippen LogP contribution in [0.25, 0.3) is 0 Å². The second kappa shape index (κ2) is 5.44. The molecule has 0 spiro atoms. The van der Waals surface area contributed by atoms with Crippen molar-refractivity contribution in [3.8, 4) is 0 Å². The van der Waals surface area contributed by atoms with E-state index < -0.39 is 22.8 Å². The second-order valence-corrected chi connectivity index (χ2v) is 5.65. The van der Waals surface area contributed by atoms with Gasteiger partial charge in [0.1, 0.15) is 11.2 Å². The highest BCUT2D eigenvalue weighted by molar-refractivity contribution is 8.00. The van der Waals surface area contributed by atoms with Crippen molar-refractivity contribution in [2.24, 2.45) is 0 Å². The molecule has 0 N–H and O–H groups in total. The number of nitrogens with zero attached hydrogens (tertiary/aromatic N) is 1. The van der Waals surface area contributed by atoms with Crippen LogP contribution in [-0.2, 0) is 4.79 Å². The molecule has 0 saturated carbocycles. The van der Waals surface area contributed by atoms with Crippen LogP contribution in [0.1, 0.15) is 10.9 Å². The number of rotatable bonds is 2. The molecule has 2 nitrogen and oxygen atoms in total. The first kappa shape index (κ1) is 14.0. The van der Waals surface area contributed by atoms with Gasteiger partial charge in [0, 0.05) is 5.69 Å². The van der Waals surface area contributed by atoms with Gasteiger partial charge >= 0.3 is 0 Å². The summed E-state index contributed by atoms with van der Waals surface area (Å²) in [6.07, 6.45) is 0. The minimum Gasteiger partial charge on any atom is -0.295 e. The van der Waals surface area contributed by atoms with E-state index in [2.05, 4.69) is 0 Å². The molecule has 0 aliphatic carbocycles. The summed E-state index contributed by atoms with van der Waals surface area (Å²) < 4.78 is 39.4. The van der Waals surface area contributed by atoms with Crippen LogP contribution in [-0.4, -0.2) is 11.7 Å². The molecule has 0 aromatic heterocycles. The summed E-state index contributed by atoms with van der Waals surface area (Å²) >= 11 is 1.32. The molecule has 21 heavy (non-hydrogen) atoms. The Morgan fingerprint density at radius 1 is 1.00 bits per heavy atom. The van der Waals surface area contributed by atoms with E-state index in [0.29, 0.717) is 11.3 Å². The lowest BCUT2D eigenvalue weighted by atomic mass is 10.1. The number of carbonyl (C=O) groups excluding carboxylic acids is 1. The molecule has 108 valence electrons. The van der Waals surface area contributed by atoms with Crippen molar-refractivity contribution in [3.05, 3.63) is 65.5 Å². The van der Waals surface area contributed by atoms with Crippen molar-refractivity contribution >= 4 is 23.4 Å². The number of thioether (sulfide) groups is 1. The fourth-order valence-corrected chi connectivity index (χ4v) is 3.38. The van der Waals surface area contributed by atoms with Gasteiger partial charge in [-0.2, -0.15) is 0 Å². The molecule has 6 heteroatoms. The summed E-state index contributed by atoms with van der Waals surface area (Å²) in [4.78, 5) is 13.5. The molecule has 1 aliphatic rings. The Kier molecular flexibility index (Phi) is 3.63. The highest BCUT2D eigenvalue weighted by Gasteiger charge is 2.34. The molecule has 2 aromatic carbocycles. The van der Waals surface area contributed by atoms with Gasteiger partial charge in [0.15, 0.2) is 11.6 Å². The summed E-state index contributed by atoms with van der Waals surface area (Å²) in [5.74, 6) is -2.20. The summed E-state index contributed by atoms with van der Waals surface area (Å²) in [6, 6.07) is 9.07. The smallest absolute Gasteiger partial charge is 0.238 e. The molecule has 1 saturated heterocycles. The van der Waals surface area contributed by atoms with Crippen molar-refractivity contribution < 1.29 is 18.0 Å². The summed E-state index contributed by atoms with van der Waals surface area (Å²) in [5.41, 5.74) is 1.02. The number of anilines is 1. The largest absolute Gasteiger partial charge is 0.295 e. The molecule has 1 heterocycles. The average Bonchev–Trinajstić information content (AvgIpc) is 2.85. The third-order valence-electron chi connectivity index (χ3n) is 3.20. The Bertz CT molecular complexity index is 690. The first-order valence-electron chi connectivity index (χ1n) is 6.20. The predicted molar refractivity (Wildman–Crippen MR) is 75.4 cm³/mol. The van der Waals surface area contributed by atoms with Gasteiger partial charge in [0.25, 0.3) is 0 Å². The van der Waals surface area contributed by atoms with Crippen molar-refractivity contribution in [2.75, 3.05) is 10.7 Å². The average molecular weight is 309 g/mol. The van der Waals surface area contributed by atoms with Gasteiger partial charge in [-0.25, -0.2) is 13.2 Å². The molecule has 0 radical (unpaired) electrons. The van der Waals surface area contributed by atoms with E-state index in [1.807, 2.05) is 0 Å². The Morgan fingerprint density at radius 3 is 2.38 bits per heavy atom. The van der Waals surface area contributed by atoms with Crippen molar-refractivity contribution in [1.29, 1.82) is 0 Å². The maximum Gasteiger partial charge on any atom is 0.238 e. The molecule has 1 aliphatic heterocycles. The van der Waals surface area contributed by atoms with E-state index in [1.54, 1.807) is 0 Å². The Labute approximate surface area is 123 Å². The van der Waals surface area contributed by atoms with Gasteiger partial charge in [-0.3, -0.25) is 9.69 Å². The van der Waals surface area contributed by atoms with Crippen LogP contribution in [0.2, 0.25) is 0 Å². The number of hydrogen-bond acceptors (Lipinski definition) is 2. The van der Waals surface area contributed by atoms with E-state index in [1.165, 1.54) is 47.0 Å². The zero-order valence-electron chi connectivity index (χ0n) is 10.7. The molecular weight excluding hydrogens is 299 g/mol. The van der Waals surface area contributed by atoms with Crippen molar-refractivity contribution in [2.45, 2.75) is 5.37 Å². The van der Waals surface area contributed by atoms with Crippen LogP contribution in [0, 0.1) is 17.5 Å². The van der Waals surface area contributed by atoms with Gasteiger partial charge in [-0.1, -0.05) is 6.07 Å². The van der Waals surface area contributed by atoms with E-state index in [0.717, 1.165) is 12.1 Å². The molecule has 0 bridgehead atoms. The number of carbonyl (C=O) groups is 1. The SMILES string of the molecule is O=C1CSC(c2ccc(F)c(F)c2)N1c1ccc(F)cc1. The third-order valence-corrected chi connectivity index (χ3v) is 4.41. The van der Waals surface area contributed by atoms with E-state index >= 15 is 0 Å². The van der Waals surface area contributed by atoms with Gasteiger partial charge in [0.05, 0.1) is 5.75 Å². The standard InChI is InChI=1S/C15H10F3NOS/c16-10-2-4-11(5-3-10)19-14(20)8-21-15(19)9-1-6-12(17)13(18)7-9/h1-7,15H,8H2. The van der Waals surface area contributed by atoms with Crippen molar-refractivity contribution in [1.82, 2.24) is 0 Å². The number of hydrogen-bond donors (Lipinski definition) is 0. The fourth-order valence-electron chi connectivity index (χ4n) is 2.22. The van der Waals surface area contributed by atoms with Crippen LogP contribution in [0.3, 0.4) is 0 Å². The van der Waals surface area contributed by atoms with Crippen LogP contribution in [0.4, 0.5) is 18.9 Å². The maximum absolute atomic E-state index is 13.4. The summed E-state index contributed by atoms with van der Waals surface area (Å²) in [5, 5.41) is -0.446. The number of benzene rings is 2. The van der Waals surface area contributed by atoms with Gasteiger partial charge < -0.3 is 0 Å². The number of amides is 1. The highest BCUT2D eigenvalue weighted by atomic mass is 32.2. The van der Waals surface area contributed by atoms with Crippen LogP contribution < -0.4 is 4.90 Å². The van der Waals surface area contributed by atoms with Gasteiger partial charge in [-0.15, -0.1) is 11.8 Å². The Morgan fingerprint density at radius 2 is 1.71 bits per heavy atom. The van der Waals surface area contributed by atoms with E-state index in [9.17, 15) is 18.0 Å². The normalized spacial score (nSPS) is 18.3. The molecule has 1 amide bonds. The van der Waals surface area contributed by atoms with E-state index in [-0.39, 0.29) is 11.7 Å². The lowest BCUT2D eigenvalue weighted by Crippen LogP contribution is -2.27. The lowest BCUT2D eigenvalue weighted by Gasteiger charge is -2.24. The van der Waals surface area contributed by atoms with Gasteiger partial charge in [-0.05, 0) is 42.0 Å². The monoisotopic (exact) mass is 309 g/mol. The summed E-state index contributed by atoms with van der Waals surface area (Å²) in [6.45, 7) is 0. The molecule has 1 fully saturated rings. The maximum atomic E-state index is 13.4. The predicted octanol–water partition coefficient (Wildman–Crippen LogP) is 3.88. The lowest BCUT2D eigenvalue weighted by molar-refractivity contribution is -0.115. The first-order valence-corrected chi connectivity index (χ1v) is 7.25.